The smallest absolute Gasteiger partial charge is 0.303 e. The van der Waals surface area contributed by atoms with Crippen LogP contribution in [-0.2, 0) is 87.2 Å². The molecule has 23 unspecified atom stereocenters. The number of carbonyl (C=O) groups is 5. The van der Waals surface area contributed by atoms with Crippen LogP contribution in [-0.4, -0.2) is 213 Å². The third-order valence-corrected chi connectivity index (χ3v) is 17.2. The van der Waals surface area contributed by atoms with E-state index >= 15 is 4.79 Å². The zero-order chi connectivity index (χ0) is 61.3. The van der Waals surface area contributed by atoms with E-state index in [0.29, 0.717) is 0 Å². The number of fused-ring (bicyclic) bond motifs is 3. The molecule has 5 aliphatic heterocycles. The van der Waals surface area contributed by atoms with Gasteiger partial charge in [0.2, 0.25) is 12.1 Å². The molecule has 9 rings (SSSR count). The maximum absolute atomic E-state index is 15.7. The first-order chi connectivity index (χ1) is 39.5. The summed E-state index contributed by atoms with van der Waals surface area (Å²) in [7, 11) is 2.64. The van der Waals surface area contributed by atoms with Crippen molar-refractivity contribution >= 4 is 40.1 Å². The number of phenolic OH excluding ortho intramolecular Hbond substituents is 2. The fourth-order valence-corrected chi connectivity index (χ4v) is 13.2. The van der Waals surface area contributed by atoms with Gasteiger partial charge in [0.15, 0.2) is 54.5 Å². The molecule has 26 heteroatoms. The molecule has 2 aromatic rings. The molecule has 0 bridgehead atoms. The van der Waals surface area contributed by atoms with Gasteiger partial charge in [-0.05, 0) is 84.9 Å². The molecule has 0 spiro atoms. The number of aliphatic hydroxyl groups excluding tert-OH is 4. The second-order valence-corrected chi connectivity index (χ2v) is 23.4. The van der Waals surface area contributed by atoms with Crippen molar-refractivity contribution in [1.29, 1.82) is 0 Å². The summed E-state index contributed by atoms with van der Waals surface area (Å²) in [5.74, 6) is -7.96. The van der Waals surface area contributed by atoms with Gasteiger partial charge in [-0.25, -0.2) is 0 Å². The van der Waals surface area contributed by atoms with Gasteiger partial charge in [0.05, 0.1) is 59.8 Å². The van der Waals surface area contributed by atoms with Crippen molar-refractivity contribution in [2.75, 3.05) is 14.2 Å². The van der Waals surface area contributed by atoms with Crippen LogP contribution in [0.3, 0.4) is 0 Å². The van der Waals surface area contributed by atoms with Gasteiger partial charge in [-0.1, -0.05) is 0 Å². The highest BCUT2D eigenvalue weighted by Crippen LogP contribution is 2.54. The number of ketones is 3. The molecule has 0 radical (unpaired) electrons. The lowest BCUT2D eigenvalue weighted by Crippen LogP contribution is -2.65. The van der Waals surface area contributed by atoms with Gasteiger partial charge < -0.3 is 102 Å². The van der Waals surface area contributed by atoms with E-state index in [-0.39, 0.29) is 66.2 Å². The van der Waals surface area contributed by atoms with Gasteiger partial charge in [0, 0.05) is 71.7 Å². The molecule has 84 heavy (non-hydrogen) atoms. The SMILES string of the molecule is COC1C(=O)C(C(C)=O)=C(O)C2(OC3CC(OC4CC(OC5CC(C)(O)C(OC(C)=O)C(C)O5)C(O)C(C)O4)C(O)C(C)O3)C(=O)c3c(cc4cc(OC5CC(OC6CC(O)C(OC)C(C)O6)C(OC(C)=O)C(C)O5)c(C)c(O)c4c3O)CC12. The molecule has 2 aliphatic carbocycles. The minimum absolute atomic E-state index is 0.0374. The molecular weight excluding hydrogens is 1110 g/mol. The monoisotopic (exact) mass is 1190 g/mol. The van der Waals surface area contributed by atoms with Crippen LogP contribution < -0.4 is 4.74 Å². The summed E-state index contributed by atoms with van der Waals surface area (Å²) in [6.07, 6.45) is -21.8. The first kappa shape index (κ1) is 63.5. The van der Waals surface area contributed by atoms with Crippen molar-refractivity contribution in [3.05, 3.63) is 40.2 Å². The summed E-state index contributed by atoms with van der Waals surface area (Å²) in [4.78, 5) is 67.3. The Bertz CT molecular complexity index is 2860. The van der Waals surface area contributed by atoms with E-state index < -0.39 is 198 Å². The highest BCUT2D eigenvalue weighted by molar-refractivity contribution is 6.25. The van der Waals surface area contributed by atoms with E-state index in [2.05, 4.69) is 0 Å². The third kappa shape index (κ3) is 11.9. The molecule has 26 nitrogen and oxygen atoms in total. The van der Waals surface area contributed by atoms with Crippen LogP contribution in [0.2, 0.25) is 0 Å². The molecule has 466 valence electrons. The lowest BCUT2D eigenvalue weighted by Gasteiger charge is -2.50. The van der Waals surface area contributed by atoms with E-state index in [1.54, 1.807) is 27.7 Å². The summed E-state index contributed by atoms with van der Waals surface area (Å²) in [6.45, 7) is 14.5. The number of hydrogen-bond donors (Lipinski definition) is 7. The van der Waals surface area contributed by atoms with Crippen LogP contribution in [0.5, 0.6) is 17.2 Å². The first-order valence-electron chi connectivity index (χ1n) is 28.3. The van der Waals surface area contributed by atoms with Crippen LogP contribution in [0.15, 0.2) is 23.5 Å². The van der Waals surface area contributed by atoms with E-state index in [1.807, 2.05) is 0 Å². The van der Waals surface area contributed by atoms with Gasteiger partial charge in [0.25, 0.3) is 0 Å². The molecule has 5 fully saturated rings. The van der Waals surface area contributed by atoms with E-state index in [9.17, 15) is 54.9 Å². The standard InChI is InChI=1S/C58H78O26/c1-21-34(80-40-19-37(52(26(6)76-40)78-28(8)60)83-38-16-33(62)51(71-11)25(5)75-38)15-31-13-30-14-32-53(72-12)50(67)43(22(2)59)54(68)58(32,55(69)45(30)49(66)44(31)46(21)63)84-41-18-36(48(65)24(4)74-41)81-39-17-35(47(64)23(3)73-39)82-42-20-57(10,70)56(27(7)77-42)79-29(9)61/h13,15,23-27,32-33,35-42,47-48,51-53,56,62-66,68,70H,14,16-20H2,1-12H3. The number of aromatic hydroxyl groups is 2. The van der Waals surface area contributed by atoms with Crippen molar-refractivity contribution < 1.29 is 126 Å². The van der Waals surface area contributed by atoms with Crippen molar-refractivity contribution in [1.82, 2.24) is 0 Å². The number of ether oxygens (including phenoxy) is 14. The highest BCUT2D eigenvalue weighted by atomic mass is 16.7. The van der Waals surface area contributed by atoms with Crippen molar-refractivity contribution in [3.63, 3.8) is 0 Å². The molecule has 7 aliphatic rings. The average molecular weight is 1190 g/mol. The van der Waals surface area contributed by atoms with E-state index in [1.165, 1.54) is 61.0 Å². The largest absolute Gasteiger partial charge is 0.508 e. The molecule has 0 aromatic heterocycles. The number of rotatable bonds is 15. The Kier molecular flexibility index (Phi) is 18.6. The Morgan fingerprint density at radius 2 is 1.20 bits per heavy atom. The molecule has 5 saturated heterocycles. The molecule has 7 N–H and O–H groups in total. The van der Waals surface area contributed by atoms with Crippen LogP contribution in [0.4, 0.5) is 0 Å². The Balaban J connectivity index is 0.995. The molecule has 0 saturated carbocycles. The summed E-state index contributed by atoms with van der Waals surface area (Å²) in [5, 5.41) is 81.5. The minimum atomic E-state index is -2.70. The maximum atomic E-state index is 15.7. The lowest BCUT2D eigenvalue weighted by atomic mass is 9.62. The summed E-state index contributed by atoms with van der Waals surface area (Å²) < 4.78 is 84.5. The maximum Gasteiger partial charge on any atom is 0.303 e. The van der Waals surface area contributed by atoms with Crippen LogP contribution >= 0.6 is 0 Å². The fraction of sp³-hybridized carbons (Fsp3) is 0.707. The van der Waals surface area contributed by atoms with Crippen molar-refractivity contribution in [2.24, 2.45) is 5.92 Å². The lowest BCUT2D eigenvalue weighted by molar-refractivity contribution is -0.337. The molecule has 0 amide bonds. The number of carbonyl (C=O) groups excluding carboxylic acids is 5. The first-order valence-corrected chi connectivity index (χ1v) is 28.3. The number of hydrogen-bond acceptors (Lipinski definition) is 26. The summed E-state index contributed by atoms with van der Waals surface area (Å²) >= 11 is 0. The zero-order valence-electron chi connectivity index (χ0n) is 48.9. The van der Waals surface area contributed by atoms with Crippen LogP contribution in [0.1, 0.15) is 116 Å². The second-order valence-electron chi connectivity index (χ2n) is 23.4. The minimum Gasteiger partial charge on any atom is -0.508 e. The third-order valence-electron chi connectivity index (χ3n) is 17.2. The van der Waals surface area contributed by atoms with Gasteiger partial charge in [0.1, 0.15) is 64.7 Å². The Morgan fingerprint density at radius 3 is 1.80 bits per heavy atom. The molecule has 23 atom stereocenters. The van der Waals surface area contributed by atoms with Gasteiger partial charge >= 0.3 is 11.9 Å². The van der Waals surface area contributed by atoms with Gasteiger partial charge in [-0.2, -0.15) is 0 Å². The quantitative estimate of drug-likeness (QED) is 0.0995. The number of benzene rings is 2. The predicted molar refractivity (Wildman–Crippen MR) is 284 cm³/mol. The average Bonchev–Trinajstić information content (AvgIpc) is 0.717. The molecule has 2 aromatic carbocycles. The van der Waals surface area contributed by atoms with E-state index in [0.717, 1.165) is 6.92 Å². The number of aliphatic hydroxyl groups is 5. The fourth-order valence-electron chi connectivity index (χ4n) is 13.2. The number of phenols is 2. The Morgan fingerprint density at radius 1 is 0.655 bits per heavy atom. The molecular formula is C58H78O26. The van der Waals surface area contributed by atoms with Crippen molar-refractivity contribution in [3.8, 4) is 17.2 Å². The second kappa shape index (κ2) is 24.6. The van der Waals surface area contributed by atoms with Gasteiger partial charge in [-0.15, -0.1) is 0 Å². The van der Waals surface area contributed by atoms with Crippen molar-refractivity contribution in [2.45, 2.75) is 242 Å². The number of esters is 2. The molecule has 5 heterocycles. The number of Topliss-reactive ketones (excluding diaryl/α,β-unsaturated/α-hetero) is 3. The van der Waals surface area contributed by atoms with Crippen LogP contribution in [0.25, 0.3) is 10.8 Å². The summed E-state index contributed by atoms with van der Waals surface area (Å²) in [6, 6.07) is 2.99. The predicted octanol–water partition coefficient (Wildman–Crippen LogP) is 2.59. The number of methoxy groups -OCH3 is 2. The van der Waals surface area contributed by atoms with Crippen LogP contribution in [0, 0.1) is 12.8 Å². The van der Waals surface area contributed by atoms with Gasteiger partial charge in [-0.3, -0.25) is 24.0 Å². The Hall–Kier alpha value is -5.01. The summed E-state index contributed by atoms with van der Waals surface area (Å²) in [5.41, 5.74) is -5.30. The normalized spacial score (nSPS) is 40.9. The topological polar surface area (TPSA) is 356 Å². The zero-order valence-corrected chi connectivity index (χ0v) is 48.9. The Labute approximate surface area is 484 Å². The highest BCUT2D eigenvalue weighted by Gasteiger charge is 2.65. The van der Waals surface area contributed by atoms with E-state index in [4.69, 9.17) is 66.3 Å².